The summed E-state index contributed by atoms with van der Waals surface area (Å²) < 4.78 is 10.1. The van der Waals surface area contributed by atoms with E-state index in [1.54, 1.807) is 28.1 Å². The highest BCUT2D eigenvalue weighted by Gasteiger charge is 2.27. The van der Waals surface area contributed by atoms with Gasteiger partial charge in [0.2, 0.25) is 0 Å². The fourth-order valence-corrected chi connectivity index (χ4v) is 8.52. The van der Waals surface area contributed by atoms with E-state index in [1.165, 1.54) is 0 Å². The maximum absolute atomic E-state index is 12.7. The Labute approximate surface area is 274 Å². The summed E-state index contributed by atoms with van der Waals surface area (Å²) in [5.41, 5.74) is 7.56. The molecule has 230 valence electrons. The van der Waals surface area contributed by atoms with E-state index in [0.717, 1.165) is 83.3 Å². The van der Waals surface area contributed by atoms with Crippen molar-refractivity contribution in [2.75, 3.05) is 6.61 Å². The summed E-state index contributed by atoms with van der Waals surface area (Å²) in [6.07, 6.45) is 1.19. The number of hydrogen-bond acceptors (Lipinski definition) is 6. The van der Waals surface area contributed by atoms with Gasteiger partial charge < -0.3 is 14.4 Å². The molecule has 1 aliphatic rings. The Morgan fingerprint density at radius 1 is 1.04 bits per heavy atom. The van der Waals surface area contributed by atoms with Crippen molar-refractivity contribution in [3.8, 4) is 16.9 Å². The fraction of sp³-hybridized carbons (Fsp3) is 0.265. The molecule has 2 N–H and O–H groups in total. The standard InChI is InChI=1S/C34H32ClN5O3S2/c1-19-30-28(40(3)38-19)18-44-16-21-14-22(37-36-21)17-45-23-13-20-7-4-5-8-24(20)29(15-23)43-12-6-9-25-26-10-11-27(35)31(30)32(26)39(2)33(25)34(41)42/h4-5,7-8,10-11,13-15H,6,9,12,16-18H2,1-3H3,(H,36,37)(H,41,42). The highest BCUT2D eigenvalue weighted by Crippen LogP contribution is 2.43. The molecule has 0 atom stereocenters. The van der Waals surface area contributed by atoms with Gasteiger partial charge in [-0.1, -0.05) is 41.9 Å². The second kappa shape index (κ2) is 12.2. The van der Waals surface area contributed by atoms with Crippen molar-refractivity contribution in [3.63, 3.8) is 0 Å². The van der Waals surface area contributed by atoms with Crippen LogP contribution in [0.5, 0.6) is 5.75 Å². The van der Waals surface area contributed by atoms with Crippen LogP contribution in [0.1, 0.15) is 45.2 Å². The second-order valence-corrected chi connectivity index (χ2v) is 13.7. The predicted octanol–water partition coefficient (Wildman–Crippen LogP) is 8.17. The zero-order valence-corrected chi connectivity index (χ0v) is 27.6. The lowest BCUT2D eigenvalue weighted by atomic mass is 9.98. The lowest BCUT2D eigenvalue weighted by molar-refractivity contribution is 0.0685. The van der Waals surface area contributed by atoms with E-state index in [4.69, 9.17) is 21.4 Å². The maximum atomic E-state index is 12.7. The first-order valence-corrected chi connectivity index (χ1v) is 17.3. The Kier molecular flexibility index (Phi) is 8.05. The second-order valence-electron chi connectivity index (χ2n) is 11.3. The third-order valence-corrected chi connectivity index (χ3v) is 10.7. The molecule has 8 nitrogen and oxygen atoms in total. The van der Waals surface area contributed by atoms with Crippen LogP contribution in [0.2, 0.25) is 5.02 Å². The first-order chi connectivity index (χ1) is 21.8. The molecule has 7 rings (SSSR count). The van der Waals surface area contributed by atoms with E-state index < -0.39 is 5.97 Å². The third-order valence-electron chi connectivity index (χ3n) is 8.40. The van der Waals surface area contributed by atoms with Crippen LogP contribution in [-0.4, -0.2) is 42.2 Å². The molecular weight excluding hydrogens is 626 g/mol. The molecule has 8 bridgehead atoms. The van der Waals surface area contributed by atoms with E-state index in [9.17, 15) is 9.90 Å². The molecular formula is C34H32ClN5O3S2. The first kappa shape index (κ1) is 29.8. The van der Waals surface area contributed by atoms with Crippen LogP contribution < -0.4 is 4.74 Å². The summed E-state index contributed by atoms with van der Waals surface area (Å²) in [4.78, 5) is 13.8. The van der Waals surface area contributed by atoms with Crippen molar-refractivity contribution < 1.29 is 14.6 Å². The molecule has 0 unspecified atom stereocenters. The molecule has 1 aliphatic heterocycles. The van der Waals surface area contributed by atoms with Crippen molar-refractivity contribution in [3.05, 3.63) is 93.7 Å². The Bertz CT molecular complexity index is 2100. The van der Waals surface area contributed by atoms with Crippen LogP contribution >= 0.6 is 35.1 Å². The van der Waals surface area contributed by atoms with Gasteiger partial charge in [0.25, 0.3) is 0 Å². The van der Waals surface area contributed by atoms with Crippen molar-refractivity contribution in [2.45, 2.75) is 41.9 Å². The van der Waals surface area contributed by atoms with E-state index in [-0.39, 0.29) is 5.69 Å². The minimum atomic E-state index is -0.964. The number of aryl methyl sites for hydroxylation is 4. The number of aromatic amines is 1. The third kappa shape index (κ3) is 5.49. The SMILES string of the molecule is Cc1nn(C)c2c1-c1c(Cl)ccc3c(c(C(=O)O)n(C)c13)CCCOc1cc(cc3ccccc13)SCc1cc(n[nH]1)CSC2. The molecule has 3 aromatic carbocycles. The van der Waals surface area contributed by atoms with Gasteiger partial charge in [0.1, 0.15) is 11.4 Å². The van der Waals surface area contributed by atoms with E-state index in [2.05, 4.69) is 40.5 Å². The summed E-state index contributed by atoms with van der Waals surface area (Å²) in [5, 5.41) is 26.6. The highest BCUT2D eigenvalue weighted by molar-refractivity contribution is 7.98. The summed E-state index contributed by atoms with van der Waals surface area (Å²) in [6.45, 7) is 2.43. The quantitative estimate of drug-likeness (QED) is 0.184. The Morgan fingerprint density at radius 3 is 2.73 bits per heavy atom. The number of ether oxygens (including phenoxy) is 1. The molecule has 0 saturated heterocycles. The molecule has 0 radical (unpaired) electrons. The molecule has 0 spiro atoms. The molecule has 0 saturated carbocycles. The van der Waals surface area contributed by atoms with Crippen LogP contribution in [0.25, 0.3) is 32.8 Å². The van der Waals surface area contributed by atoms with Gasteiger partial charge in [-0.05, 0) is 55.0 Å². The number of rotatable bonds is 1. The number of nitrogens with zero attached hydrogens (tertiary/aromatic N) is 4. The van der Waals surface area contributed by atoms with E-state index >= 15 is 0 Å². The highest BCUT2D eigenvalue weighted by atomic mass is 35.5. The lowest BCUT2D eigenvalue weighted by Crippen LogP contribution is -2.09. The largest absolute Gasteiger partial charge is 0.493 e. The number of H-pyrrole nitrogens is 1. The van der Waals surface area contributed by atoms with Crippen LogP contribution in [0, 0.1) is 6.92 Å². The topological polar surface area (TPSA) is 98.0 Å². The van der Waals surface area contributed by atoms with Crippen molar-refractivity contribution in [2.24, 2.45) is 14.1 Å². The molecule has 3 aromatic heterocycles. The maximum Gasteiger partial charge on any atom is 0.352 e. The monoisotopic (exact) mass is 657 g/mol. The lowest BCUT2D eigenvalue weighted by Gasteiger charge is -2.12. The zero-order chi connectivity index (χ0) is 31.2. The number of carboxylic acid groups (broad SMARTS) is 1. The molecule has 4 heterocycles. The summed E-state index contributed by atoms with van der Waals surface area (Å²) in [7, 11) is 3.76. The molecule has 0 amide bonds. The number of carboxylic acids is 1. The van der Waals surface area contributed by atoms with Gasteiger partial charge in [-0.3, -0.25) is 9.78 Å². The smallest absolute Gasteiger partial charge is 0.352 e. The van der Waals surface area contributed by atoms with Gasteiger partial charge in [0.05, 0.1) is 34.2 Å². The summed E-state index contributed by atoms with van der Waals surface area (Å²) >= 11 is 10.5. The van der Waals surface area contributed by atoms with Gasteiger partial charge in [-0.25, -0.2) is 4.79 Å². The Morgan fingerprint density at radius 2 is 1.89 bits per heavy atom. The van der Waals surface area contributed by atoms with Gasteiger partial charge >= 0.3 is 5.97 Å². The number of aromatic carboxylic acids is 1. The van der Waals surface area contributed by atoms with Crippen molar-refractivity contribution >= 4 is 62.8 Å². The fourth-order valence-electron chi connectivity index (χ4n) is 6.41. The first-order valence-electron chi connectivity index (χ1n) is 14.8. The molecule has 0 fully saturated rings. The summed E-state index contributed by atoms with van der Waals surface area (Å²) in [5.74, 6) is 2.05. The van der Waals surface area contributed by atoms with Crippen LogP contribution in [0.15, 0.2) is 59.5 Å². The Hall–Kier alpha value is -3.86. The number of benzene rings is 3. The van der Waals surface area contributed by atoms with E-state index in [0.29, 0.717) is 30.2 Å². The molecule has 0 aliphatic carbocycles. The number of carbonyl (C=O) groups is 1. The average molecular weight is 658 g/mol. The summed E-state index contributed by atoms with van der Waals surface area (Å²) in [6, 6.07) is 18.5. The predicted molar refractivity (Wildman–Crippen MR) is 183 cm³/mol. The van der Waals surface area contributed by atoms with Gasteiger partial charge in [-0.2, -0.15) is 10.2 Å². The van der Waals surface area contributed by atoms with Crippen LogP contribution in [0.4, 0.5) is 0 Å². The number of thioether (sulfide) groups is 2. The van der Waals surface area contributed by atoms with Gasteiger partial charge in [0, 0.05) is 63.8 Å². The number of nitrogens with one attached hydrogen (secondary N) is 1. The minimum Gasteiger partial charge on any atom is -0.493 e. The number of halogens is 1. The molecule has 6 aromatic rings. The van der Waals surface area contributed by atoms with Crippen molar-refractivity contribution in [1.82, 2.24) is 24.5 Å². The van der Waals surface area contributed by atoms with Gasteiger partial charge in [0.15, 0.2) is 0 Å². The normalized spacial score (nSPS) is 14.3. The molecule has 11 heteroatoms. The zero-order valence-electron chi connectivity index (χ0n) is 25.2. The van der Waals surface area contributed by atoms with Crippen LogP contribution in [0.3, 0.4) is 0 Å². The number of aromatic nitrogens is 5. The number of fused-ring (bicyclic) bond motifs is 8. The van der Waals surface area contributed by atoms with E-state index in [1.807, 2.05) is 50.0 Å². The molecule has 45 heavy (non-hydrogen) atoms. The minimum absolute atomic E-state index is 0.270. The van der Waals surface area contributed by atoms with Crippen LogP contribution in [-0.2, 0) is 37.8 Å². The van der Waals surface area contributed by atoms with Gasteiger partial charge in [-0.15, -0.1) is 23.5 Å². The van der Waals surface area contributed by atoms with Crippen molar-refractivity contribution in [1.29, 1.82) is 0 Å². The number of hydrogen-bond donors (Lipinski definition) is 2. The Balaban J connectivity index is 1.35. The average Bonchev–Trinajstić information content (AvgIpc) is 3.67.